The second kappa shape index (κ2) is 4.57. The van der Waals surface area contributed by atoms with Crippen LogP contribution in [-0.2, 0) is 4.79 Å². The van der Waals surface area contributed by atoms with Crippen molar-refractivity contribution in [1.82, 2.24) is 0 Å². The van der Waals surface area contributed by atoms with Gasteiger partial charge in [-0.05, 0) is 18.2 Å². The lowest BCUT2D eigenvalue weighted by atomic mass is 10.2. The van der Waals surface area contributed by atoms with Crippen molar-refractivity contribution in [1.29, 1.82) is 0 Å². The molecule has 1 amide bonds. The Hall–Kier alpha value is -1.62. The van der Waals surface area contributed by atoms with E-state index in [9.17, 15) is 4.79 Å². The molecule has 1 aromatic carbocycles. The summed E-state index contributed by atoms with van der Waals surface area (Å²) in [5.41, 5.74) is 6.74. The highest BCUT2D eigenvalue weighted by Gasteiger charge is 2.04. The number of carbonyl (C=O) groups is 1. The number of carbonyl (C=O) groups excluding carboxylic acids is 1. The van der Waals surface area contributed by atoms with Crippen LogP contribution in [0.5, 0.6) is 5.75 Å². The van der Waals surface area contributed by atoms with E-state index in [0.717, 1.165) is 0 Å². The summed E-state index contributed by atoms with van der Waals surface area (Å²) in [6, 6.07) is 5.08. The first-order chi connectivity index (χ1) is 6.69. The van der Waals surface area contributed by atoms with Gasteiger partial charge in [0.2, 0.25) is 6.41 Å². The SMILES string of the molecule is COc1cc(C(N)=S)ccc1NC=O. The van der Waals surface area contributed by atoms with Crippen LogP contribution < -0.4 is 15.8 Å². The van der Waals surface area contributed by atoms with Crippen molar-refractivity contribution in [3.63, 3.8) is 0 Å². The molecule has 0 aromatic heterocycles. The fourth-order valence-corrected chi connectivity index (χ4v) is 1.15. The van der Waals surface area contributed by atoms with Crippen LogP contribution in [0.3, 0.4) is 0 Å². The molecule has 0 fully saturated rings. The molecule has 0 atom stereocenters. The third-order valence-electron chi connectivity index (χ3n) is 1.70. The summed E-state index contributed by atoms with van der Waals surface area (Å²) >= 11 is 4.81. The molecule has 0 aliphatic heterocycles. The minimum absolute atomic E-state index is 0.293. The Balaban J connectivity index is 3.10. The van der Waals surface area contributed by atoms with Crippen LogP contribution in [0, 0.1) is 0 Å². The number of hydrogen-bond acceptors (Lipinski definition) is 3. The van der Waals surface area contributed by atoms with E-state index in [1.54, 1.807) is 18.2 Å². The molecule has 0 aliphatic rings. The van der Waals surface area contributed by atoms with Crippen LogP contribution in [0.4, 0.5) is 5.69 Å². The summed E-state index contributed by atoms with van der Waals surface area (Å²) in [5, 5.41) is 2.50. The maximum absolute atomic E-state index is 10.2. The van der Waals surface area contributed by atoms with Gasteiger partial charge >= 0.3 is 0 Å². The summed E-state index contributed by atoms with van der Waals surface area (Å²) in [5.74, 6) is 0.530. The van der Waals surface area contributed by atoms with Crippen LogP contribution in [0.2, 0.25) is 0 Å². The number of methoxy groups -OCH3 is 1. The van der Waals surface area contributed by atoms with Gasteiger partial charge in [0.1, 0.15) is 10.7 Å². The highest BCUT2D eigenvalue weighted by atomic mass is 32.1. The van der Waals surface area contributed by atoms with E-state index in [4.69, 9.17) is 22.7 Å². The Labute approximate surface area is 87.0 Å². The lowest BCUT2D eigenvalue weighted by molar-refractivity contribution is -0.105. The smallest absolute Gasteiger partial charge is 0.211 e. The number of benzene rings is 1. The lowest BCUT2D eigenvalue weighted by Gasteiger charge is -2.08. The summed E-state index contributed by atoms with van der Waals surface area (Å²) in [6.45, 7) is 0. The third-order valence-corrected chi connectivity index (χ3v) is 1.94. The van der Waals surface area contributed by atoms with Crippen LogP contribution in [0.25, 0.3) is 0 Å². The molecule has 3 N–H and O–H groups in total. The Morgan fingerprint density at radius 2 is 2.36 bits per heavy atom. The summed E-state index contributed by atoms with van der Waals surface area (Å²) in [4.78, 5) is 10.5. The summed E-state index contributed by atoms with van der Waals surface area (Å²) in [6.07, 6.45) is 0.582. The van der Waals surface area contributed by atoms with Crippen molar-refractivity contribution < 1.29 is 9.53 Å². The van der Waals surface area contributed by atoms with E-state index >= 15 is 0 Å². The number of anilines is 1. The zero-order valence-corrected chi connectivity index (χ0v) is 8.43. The molecule has 4 nitrogen and oxygen atoms in total. The van der Waals surface area contributed by atoms with E-state index in [0.29, 0.717) is 28.4 Å². The van der Waals surface area contributed by atoms with E-state index < -0.39 is 0 Å². The molecular formula is C9H10N2O2S. The van der Waals surface area contributed by atoms with E-state index in [1.165, 1.54) is 7.11 Å². The van der Waals surface area contributed by atoms with Crippen LogP contribution in [0.1, 0.15) is 5.56 Å². The molecule has 0 radical (unpaired) electrons. The highest BCUT2D eigenvalue weighted by molar-refractivity contribution is 7.80. The molecule has 74 valence electrons. The number of hydrogen-bond donors (Lipinski definition) is 2. The molecule has 0 aliphatic carbocycles. The lowest BCUT2D eigenvalue weighted by Crippen LogP contribution is -2.09. The van der Waals surface area contributed by atoms with Gasteiger partial charge in [-0.1, -0.05) is 12.2 Å². The molecule has 1 aromatic rings. The van der Waals surface area contributed by atoms with Crippen molar-refractivity contribution in [3.8, 4) is 5.75 Å². The van der Waals surface area contributed by atoms with E-state index in [-0.39, 0.29) is 0 Å². The van der Waals surface area contributed by atoms with E-state index in [1.807, 2.05) is 0 Å². The second-order valence-electron chi connectivity index (χ2n) is 2.54. The maximum Gasteiger partial charge on any atom is 0.211 e. The average Bonchev–Trinajstić information content (AvgIpc) is 2.18. The Bertz CT molecular complexity index is 366. The molecule has 5 heteroatoms. The predicted molar refractivity (Wildman–Crippen MR) is 58.6 cm³/mol. The number of amides is 1. The fraction of sp³-hybridized carbons (Fsp3) is 0.111. The molecule has 14 heavy (non-hydrogen) atoms. The fourth-order valence-electron chi connectivity index (χ4n) is 1.03. The molecule has 0 saturated heterocycles. The molecule has 0 unspecified atom stereocenters. The molecule has 1 rings (SSSR count). The average molecular weight is 210 g/mol. The van der Waals surface area contributed by atoms with Gasteiger partial charge in [-0.2, -0.15) is 0 Å². The first-order valence-electron chi connectivity index (χ1n) is 3.87. The quantitative estimate of drug-likeness (QED) is 0.572. The zero-order chi connectivity index (χ0) is 10.6. The summed E-state index contributed by atoms with van der Waals surface area (Å²) in [7, 11) is 1.51. The minimum atomic E-state index is 0.293. The molecule has 0 heterocycles. The zero-order valence-electron chi connectivity index (χ0n) is 7.61. The Morgan fingerprint density at radius 3 is 2.86 bits per heavy atom. The van der Waals surface area contributed by atoms with Crippen LogP contribution in [0.15, 0.2) is 18.2 Å². The van der Waals surface area contributed by atoms with Crippen molar-refractivity contribution in [3.05, 3.63) is 23.8 Å². The molecule has 0 spiro atoms. The van der Waals surface area contributed by atoms with Crippen molar-refractivity contribution >= 4 is 29.3 Å². The monoisotopic (exact) mass is 210 g/mol. The maximum atomic E-state index is 10.2. The molecular weight excluding hydrogens is 200 g/mol. The van der Waals surface area contributed by atoms with Crippen molar-refractivity contribution in [2.75, 3.05) is 12.4 Å². The van der Waals surface area contributed by atoms with Gasteiger partial charge in [0, 0.05) is 5.56 Å². The number of thiocarbonyl (C=S) groups is 1. The molecule has 0 bridgehead atoms. The predicted octanol–water partition coefficient (Wildman–Crippen LogP) is 0.898. The van der Waals surface area contributed by atoms with E-state index in [2.05, 4.69) is 5.32 Å². The van der Waals surface area contributed by atoms with Gasteiger partial charge in [0.05, 0.1) is 12.8 Å². The number of rotatable bonds is 4. The van der Waals surface area contributed by atoms with Gasteiger partial charge in [-0.3, -0.25) is 4.79 Å². The second-order valence-corrected chi connectivity index (χ2v) is 2.98. The van der Waals surface area contributed by atoms with Crippen molar-refractivity contribution in [2.24, 2.45) is 5.73 Å². The van der Waals surface area contributed by atoms with Gasteiger partial charge in [-0.15, -0.1) is 0 Å². The van der Waals surface area contributed by atoms with Gasteiger partial charge in [0.25, 0.3) is 0 Å². The first kappa shape index (κ1) is 10.5. The largest absolute Gasteiger partial charge is 0.495 e. The normalized spacial score (nSPS) is 9.21. The number of nitrogens with one attached hydrogen (secondary N) is 1. The van der Waals surface area contributed by atoms with Gasteiger partial charge in [0.15, 0.2) is 0 Å². The summed E-state index contributed by atoms with van der Waals surface area (Å²) < 4.78 is 5.05. The topological polar surface area (TPSA) is 64.3 Å². The molecule has 0 saturated carbocycles. The van der Waals surface area contributed by atoms with Crippen LogP contribution >= 0.6 is 12.2 Å². The Morgan fingerprint density at radius 1 is 1.64 bits per heavy atom. The minimum Gasteiger partial charge on any atom is -0.495 e. The van der Waals surface area contributed by atoms with Crippen LogP contribution in [-0.4, -0.2) is 18.5 Å². The number of ether oxygens (including phenoxy) is 1. The van der Waals surface area contributed by atoms with Crippen molar-refractivity contribution in [2.45, 2.75) is 0 Å². The van der Waals surface area contributed by atoms with Gasteiger partial charge < -0.3 is 15.8 Å². The Kier molecular flexibility index (Phi) is 3.41. The van der Waals surface area contributed by atoms with Gasteiger partial charge in [-0.25, -0.2) is 0 Å². The highest BCUT2D eigenvalue weighted by Crippen LogP contribution is 2.24. The third kappa shape index (κ3) is 2.20. The first-order valence-corrected chi connectivity index (χ1v) is 4.28. The standard InChI is InChI=1S/C9H10N2O2S/c1-13-8-4-6(9(10)14)2-3-7(8)11-5-12/h2-5H,1H3,(H2,10,14)(H,11,12). The number of nitrogens with two attached hydrogens (primary N) is 1.